The Morgan fingerprint density at radius 3 is 2.85 bits per heavy atom. The van der Waals surface area contributed by atoms with E-state index in [-0.39, 0.29) is 12.3 Å². The van der Waals surface area contributed by atoms with Gasteiger partial charge in [0.1, 0.15) is 5.75 Å². The van der Waals surface area contributed by atoms with Crippen LogP contribution in [0.5, 0.6) is 11.6 Å². The van der Waals surface area contributed by atoms with Gasteiger partial charge in [-0.3, -0.25) is 9.20 Å². The van der Waals surface area contributed by atoms with Crippen LogP contribution < -0.4 is 10.1 Å². The second-order valence-corrected chi connectivity index (χ2v) is 7.16. The number of nitrogens with one attached hydrogen (secondary N) is 1. The quantitative estimate of drug-likeness (QED) is 0.559. The van der Waals surface area contributed by atoms with Crippen molar-refractivity contribution in [2.45, 2.75) is 20.3 Å². The molecule has 4 aromatic rings. The lowest BCUT2D eigenvalue weighted by Crippen LogP contribution is -2.14. The van der Waals surface area contributed by atoms with Gasteiger partial charge in [0.25, 0.3) is 0 Å². The molecule has 136 valence electrons. The van der Waals surface area contributed by atoms with E-state index in [4.69, 9.17) is 4.74 Å². The molecule has 1 aromatic carbocycles. The lowest BCUT2D eigenvalue weighted by molar-refractivity contribution is -0.115. The standard InChI is InChI=1S/C20H18N4O2S/c1-13-3-5-17(9-14(13)2)26-19-6-4-15(11-21-19)22-18(25)10-16-12-24-7-8-27-20(24)23-16/h3-9,11-12H,10H2,1-2H3,(H,22,25). The van der Waals surface area contributed by atoms with Crippen molar-refractivity contribution < 1.29 is 9.53 Å². The number of benzene rings is 1. The maximum Gasteiger partial charge on any atom is 0.230 e. The van der Waals surface area contributed by atoms with E-state index in [9.17, 15) is 4.79 Å². The van der Waals surface area contributed by atoms with E-state index >= 15 is 0 Å². The average molecular weight is 378 g/mol. The molecule has 1 amide bonds. The summed E-state index contributed by atoms with van der Waals surface area (Å²) in [6.07, 6.45) is 5.59. The first kappa shape index (κ1) is 17.2. The zero-order valence-electron chi connectivity index (χ0n) is 15.0. The predicted octanol–water partition coefficient (Wildman–Crippen LogP) is 4.38. The Balaban J connectivity index is 1.37. The fourth-order valence-corrected chi connectivity index (χ4v) is 3.36. The number of ether oxygens (including phenoxy) is 1. The maximum absolute atomic E-state index is 12.2. The second kappa shape index (κ2) is 7.20. The molecule has 6 nitrogen and oxygen atoms in total. The van der Waals surface area contributed by atoms with Crippen molar-refractivity contribution in [2.75, 3.05) is 5.32 Å². The highest BCUT2D eigenvalue weighted by molar-refractivity contribution is 7.15. The molecule has 0 aliphatic heterocycles. The van der Waals surface area contributed by atoms with Gasteiger partial charge in [0.05, 0.1) is 24.0 Å². The lowest BCUT2D eigenvalue weighted by Gasteiger charge is -2.08. The molecule has 3 heterocycles. The van der Waals surface area contributed by atoms with Crippen molar-refractivity contribution in [3.63, 3.8) is 0 Å². The van der Waals surface area contributed by atoms with Crippen LogP contribution in [0.4, 0.5) is 5.69 Å². The van der Waals surface area contributed by atoms with Crippen molar-refractivity contribution in [1.29, 1.82) is 0 Å². The number of imidazole rings is 1. The summed E-state index contributed by atoms with van der Waals surface area (Å²) in [6, 6.07) is 9.40. The molecule has 27 heavy (non-hydrogen) atoms. The number of hydrogen-bond acceptors (Lipinski definition) is 5. The van der Waals surface area contributed by atoms with E-state index in [0.717, 1.165) is 22.0 Å². The third kappa shape index (κ3) is 3.98. The van der Waals surface area contributed by atoms with Crippen LogP contribution >= 0.6 is 11.3 Å². The van der Waals surface area contributed by atoms with Crippen molar-refractivity contribution in [1.82, 2.24) is 14.4 Å². The van der Waals surface area contributed by atoms with Crippen LogP contribution in [0, 0.1) is 13.8 Å². The Labute approximate surface area is 160 Å². The molecule has 0 atom stereocenters. The fraction of sp³-hybridized carbons (Fsp3) is 0.150. The number of aryl methyl sites for hydroxylation is 2. The number of hydrogen-bond donors (Lipinski definition) is 1. The van der Waals surface area contributed by atoms with Crippen LogP contribution in [0.2, 0.25) is 0 Å². The lowest BCUT2D eigenvalue weighted by atomic mass is 10.1. The Bertz CT molecular complexity index is 1070. The molecule has 0 aliphatic rings. The molecular formula is C20H18N4O2S. The van der Waals surface area contributed by atoms with Crippen LogP contribution in [0.15, 0.2) is 54.3 Å². The molecule has 0 aliphatic carbocycles. The largest absolute Gasteiger partial charge is 0.439 e. The fourth-order valence-electron chi connectivity index (χ4n) is 2.64. The van der Waals surface area contributed by atoms with E-state index in [1.807, 2.05) is 47.3 Å². The van der Waals surface area contributed by atoms with E-state index in [2.05, 4.69) is 22.2 Å². The molecule has 0 spiro atoms. The van der Waals surface area contributed by atoms with Crippen molar-refractivity contribution in [3.05, 3.63) is 71.1 Å². The third-order valence-corrected chi connectivity index (χ3v) is 4.98. The van der Waals surface area contributed by atoms with E-state index in [1.165, 1.54) is 16.9 Å². The molecule has 4 rings (SSSR count). The van der Waals surface area contributed by atoms with Crippen molar-refractivity contribution in [2.24, 2.45) is 0 Å². The molecule has 0 fully saturated rings. The number of aromatic nitrogens is 3. The number of amides is 1. The van der Waals surface area contributed by atoms with Gasteiger partial charge in [-0.1, -0.05) is 6.07 Å². The zero-order chi connectivity index (χ0) is 18.8. The van der Waals surface area contributed by atoms with Gasteiger partial charge in [0.2, 0.25) is 11.8 Å². The summed E-state index contributed by atoms with van der Waals surface area (Å²) in [7, 11) is 0. The van der Waals surface area contributed by atoms with Crippen LogP contribution in [0.1, 0.15) is 16.8 Å². The first-order valence-corrected chi connectivity index (χ1v) is 9.37. The monoisotopic (exact) mass is 378 g/mol. The van der Waals surface area contributed by atoms with Crippen LogP contribution in [-0.4, -0.2) is 20.3 Å². The number of thiazole rings is 1. The minimum absolute atomic E-state index is 0.134. The number of rotatable bonds is 5. The number of carbonyl (C=O) groups excluding carboxylic acids is 1. The SMILES string of the molecule is Cc1ccc(Oc2ccc(NC(=O)Cc3cn4ccsc4n3)cn2)cc1C. The molecule has 3 aromatic heterocycles. The topological polar surface area (TPSA) is 68.5 Å². The highest BCUT2D eigenvalue weighted by Gasteiger charge is 2.09. The van der Waals surface area contributed by atoms with E-state index in [0.29, 0.717) is 11.6 Å². The van der Waals surface area contributed by atoms with Gasteiger partial charge in [-0.25, -0.2) is 9.97 Å². The molecule has 0 radical (unpaired) electrons. The van der Waals surface area contributed by atoms with Gasteiger partial charge in [-0.05, 0) is 43.2 Å². The van der Waals surface area contributed by atoms with Crippen LogP contribution in [0.25, 0.3) is 4.96 Å². The van der Waals surface area contributed by atoms with Gasteiger partial charge >= 0.3 is 0 Å². The van der Waals surface area contributed by atoms with Crippen LogP contribution in [0.3, 0.4) is 0 Å². The van der Waals surface area contributed by atoms with E-state index in [1.54, 1.807) is 18.3 Å². The highest BCUT2D eigenvalue weighted by atomic mass is 32.1. The summed E-state index contributed by atoms with van der Waals surface area (Å²) in [5, 5.41) is 4.79. The van der Waals surface area contributed by atoms with Gasteiger partial charge in [0, 0.05) is 23.8 Å². The van der Waals surface area contributed by atoms with Gasteiger partial charge in [0.15, 0.2) is 4.96 Å². The third-order valence-electron chi connectivity index (χ3n) is 4.21. The average Bonchev–Trinajstić information content (AvgIpc) is 3.21. The normalized spacial score (nSPS) is 10.9. The Morgan fingerprint density at radius 2 is 2.11 bits per heavy atom. The maximum atomic E-state index is 12.2. The number of anilines is 1. The molecular weight excluding hydrogens is 360 g/mol. The summed E-state index contributed by atoms with van der Waals surface area (Å²) in [5.74, 6) is 1.08. The summed E-state index contributed by atoms with van der Waals surface area (Å²) in [6.45, 7) is 4.10. The Morgan fingerprint density at radius 1 is 1.22 bits per heavy atom. The van der Waals surface area contributed by atoms with Crippen molar-refractivity contribution in [3.8, 4) is 11.6 Å². The molecule has 0 saturated carbocycles. The zero-order valence-corrected chi connectivity index (χ0v) is 15.8. The Hall–Kier alpha value is -3.19. The number of fused-ring (bicyclic) bond motifs is 1. The highest BCUT2D eigenvalue weighted by Crippen LogP contribution is 2.23. The summed E-state index contributed by atoms with van der Waals surface area (Å²) >= 11 is 1.54. The molecule has 0 saturated heterocycles. The first-order chi connectivity index (χ1) is 13.1. The van der Waals surface area contributed by atoms with E-state index < -0.39 is 0 Å². The van der Waals surface area contributed by atoms with Gasteiger partial charge in [-0.15, -0.1) is 11.3 Å². The number of carbonyl (C=O) groups is 1. The second-order valence-electron chi connectivity index (χ2n) is 6.28. The van der Waals surface area contributed by atoms with Gasteiger partial charge in [-0.2, -0.15) is 0 Å². The Kier molecular flexibility index (Phi) is 4.60. The minimum atomic E-state index is -0.134. The van der Waals surface area contributed by atoms with Crippen LogP contribution in [-0.2, 0) is 11.2 Å². The number of pyridine rings is 1. The molecule has 1 N–H and O–H groups in total. The van der Waals surface area contributed by atoms with Gasteiger partial charge < -0.3 is 10.1 Å². The predicted molar refractivity (Wildman–Crippen MR) is 106 cm³/mol. The minimum Gasteiger partial charge on any atom is -0.439 e. The smallest absolute Gasteiger partial charge is 0.230 e. The molecule has 7 heteroatoms. The number of nitrogens with zero attached hydrogens (tertiary/aromatic N) is 3. The summed E-state index contributed by atoms with van der Waals surface area (Å²) in [4.78, 5) is 21.8. The molecule has 0 bridgehead atoms. The van der Waals surface area contributed by atoms with Crippen molar-refractivity contribution >= 4 is 27.9 Å². The summed E-state index contributed by atoms with van der Waals surface area (Å²) < 4.78 is 7.67. The molecule has 0 unspecified atom stereocenters. The first-order valence-electron chi connectivity index (χ1n) is 8.49. The summed E-state index contributed by atoms with van der Waals surface area (Å²) in [5.41, 5.74) is 3.73.